The number of anilines is 1. The van der Waals surface area contributed by atoms with Crippen LogP contribution in [-0.4, -0.2) is 17.1 Å². The van der Waals surface area contributed by atoms with Gasteiger partial charge in [-0.25, -0.2) is 0 Å². The molecule has 4 unspecified atom stereocenters. The van der Waals surface area contributed by atoms with Crippen LogP contribution in [0.25, 0.3) is 0 Å². The first-order valence-electron chi connectivity index (χ1n) is 7.11. The zero-order valence-corrected chi connectivity index (χ0v) is 11.5. The normalized spacial score (nSPS) is 31.0. The average Bonchev–Trinajstić information content (AvgIpc) is 3.01. The van der Waals surface area contributed by atoms with Gasteiger partial charge in [-0.15, -0.1) is 0 Å². The minimum Gasteiger partial charge on any atom is -0.481 e. The van der Waals surface area contributed by atoms with E-state index in [2.05, 4.69) is 11.4 Å². The molecule has 0 heterocycles. The number of carboxylic acid groups (broad SMARTS) is 1. The highest BCUT2D eigenvalue weighted by Crippen LogP contribution is 2.49. The van der Waals surface area contributed by atoms with Crippen LogP contribution >= 0.6 is 0 Å². The van der Waals surface area contributed by atoms with E-state index in [4.69, 9.17) is 0 Å². The number of para-hydroxylation sites is 1. The Kier molecular flexibility index (Phi) is 3.13. The molecule has 0 saturated heterocycles. The molecule has 2 fully saturated rings. The van der Waals surface area contributed by atoms with Gasteiger partial charge < -0.3 is 10.4 Å². The predicted octanol–water partition coefficient (Wildman–Crippen LogP) is 2.78. The van der Waals surface area contributed by atoms with E-state index in [1.54, 1.807) is 6.07 Å². The lowest BCUT2D eigenvalue weighted by Crippen LogP contribution is -2.39. The van der Waals surface area contributed by atoms with Crippen LogP contribution < -0.4 is 5.32 Å². The van der Waals surface area contributed by atoms with Crippen LogP contribution in [0.2, 0.25) is 0 Å². The van der Waals surface area contributed by atoms with E-state index < -0.39 is 5.97 Å². The largest absolute Gasteiger partial charge is 0.481 e. The van der Waals surface area contributed by atoms with Gasteiger partial charge in [0.15, 0.2) is 0 Å². The second kappa shape index (κ2) is 4.82. The van der Waals surface area contributed by atoms with Crippen LogP contribution in [0.1, 0.15) is 30.4 Å². The Balaban J connectivity index is 1.91. The van der Waals surface area contributed by atoms with Crippen molar-refractivity contribution in [2.24, 2.45) is 17.8 Å². The first-order chi connectivity index (χ1) is 9.61. The predicted molar refractivity (Wildman–Crippen MR) is 75.3 cm³/mol. The Morgan fingerprint density at radius 2 is 2.15 bits per heavy atom. The molecule has 0 amide bonds. The smallest absolute Gasteiger partial charge is 0.308 e. The maximum absolute atomic E-state index is 11.5. The summed E-state index contributed by atoms with van der Waals surface area (Å²) in [7, 11) is 0. The molecule has 0 aromatic heterocycles. The number of carboxylic acids is 1. The van der Waals surface area contributed by atoms with Gasteiger partial charge in [0.2, 0.25) is 0 Å². The first kappa shape index (κ1) is 13.0. The van der Waals surface area contributed by atoms with Gasteiger partial charge in [-0.05, 0) is 49.7 Å². The molecule has 0 radical (unpaired) electrons. The van der Waals surface area contributed by atoms with Gasteiger partial charge in [0.1, 0.15) is 6.07 Å². The molecular weight excluding hydrogens is 252 g/mol. The lowest BCUT2D eigenvalue weighted by atomic mass is 9.84. The molecule has 104 valence electrons. The number of rotatable bonds is 3. The highest BCUT2D eigenvalue weighted by molar-refractivity contribution is 5.74. The number of carbonyl (C=O) groups is 1. The Hall–Kier alpha value is -2.02. The van der Waals surface area contributed by atoms with Crippen LogP contribution in [0.4, 0.5) is 5.69 Å². The average molecular weight is 270 g/mol. The van der Waals surface area contributed by atoms with Crippen molar-refractivity contribution in [1.82, 2.24) is 0 Å². The third-order valence-corrected chi connectivity index (χ3v) is 4.91. The van der Waals surface area contributed by atoms with Crippen molar-refractivity contribution >= 4 is 11.7 Å². The quantitative estimate of drug-likeness (QED) is 0.885. The van der Waals surface area contributed by atoms with Crippen molar-refractivity contribution in [3.8, 4) is 6.07 Å². The maximum Gasteiger partial charge on any atom is 0.308 e. The molecule has 4 heteroatoms. The molecule has 2 aliphatic carbocycles. The second-order valence-corrected chi connectivity index (χ2v) is 5.98. The summed E-state index contributed by atoms with van der Waals surface area (Å²) >= 11 is 0. The molecule has 2 bridgehead atoms. The molecule has 2 aliphatic rings. The van der Waals surface area contributed by atoms with Crippen LogP contribution in [0.15, 0.2) is 18.2 Å². The van der Waals surface area contributed by atoms with E-state index >= 15 is 0 Å². The summed E-state index contributed by atoms with van der Waals surface area (Å²) in [5, 5.41) is 22.1. The topological polar surface area (TPSA) is 73.1 Å². The number of nitriles is 1. The molecule has 0 aliphatic heterocycles. The van der Waals surface area contributed by atoms with E-state index in [1.165, 1.54) is 0 Å². The third-order valence-electron chi connectivity index (χ3n) is 4.91. The molecular formula is C16H18N2O2. The number of hydrogen-bond acceptors (Lipinski definition) is 3. The van der Waals surface area contributed by atoms with Crippen molar-refractivity contribution in [2.75, 3.05) is 5.32 Å². The summed E-state index contributed by atoms with van der Waals surface area (Å²) in [6, 6.07) is 7.73. The summed E-state index contributed by atoms with van der Waals surface area (Å²) in [6.45, 7) is 1.95. The van der Waals surface area contributed by atoms with Gasteiger partial charge in [-0.2, -0.15) is 5.26 Å². The SMILES string of the molecule is Cc1cccc(C#N)c1NC1C2CCC(C2)C1C(=O)O. The van der Waals surface area contributed by atoms with Gasteiger partial charge in [0, 0.05) is 6.04 Å². The molecule has 4 atom stereocenters. The molecule has 4 nitrogen and oxygen atoms in total. The number of nitrogens with zero attached hydrogens (tertiary/aromatic N) is 1. The van der Waals surface area contributed by atoms with Crippen LogP contribution in [0.3, 0.4) is 0 Å². The summed E-state index contributed by atoms with van der Waals surface area (Å²) < 4.78 is 0. The molecule has 2 saturated carbocycles. The van der Waals surface area contributed by atoms with Gasteiger partial charge >= 0.3 is 5.97 Å². The van der Waals surface area contributed by atoms with E-state index in [9.17, 15) is 15.2 Å². The number of nitrogens with one attached hydrogen (secondary N) is 1. The molecule has 1 aromatic carbocycles. The van der Waals surface area contributed by atoms with E-state index in [0.29, 0.717) is 17.4 Å². The number of fused-ring (bicyclic) bond motifs is 2. The zero-order chi connectivity index (χ0) is 14.3. The maximum atomic E-state index is 11.5. The standard InChI is InChI=1S/C16H18N2O2/c1-9-3-2-4-12(8-17)14(9)18-15-11-6-5-10(7-11)13(15)16(19)20/h2-4,10-11,13,15,18H,5-7H2,1H3,(H,19,20). The van der Waals surface area contributed by atoms with Crippen molar-refractivity contribution in [2.45, 2.75) is 32.2 Å². The molecule has 20 heavy (non-hydrogen) atoms. The van der Waals surface area contributed by atoms with Gasteiger partial charge in [-0.3, -0.25) is 4.79 Å². The minimum absolute atomic E-state index is 0.0422. The van der Waals surface area contributed by atoms with E-state index in [0.717, 1.165) is 30.5 Å². The number of aliphatic carboxylic acids is 1. The lowest BCUT2D eigenvalue weighted by Gasteiger charge is -2.30. The number of aryl methyl sites for hydroxylation is 1. The van der Waals surface area contributed by atoms with Gasteiger partial charge in [-0.1, -0.05) is 12.1 Å². The summed E-state index contributed by atoms with van der Waals surface area (Å²) in [5.41, 5.74) is 2.40. The minimum atomic E-state index is -0.707. The first-order valence-corrected chi connectivity index (χ1v) is 7.11. The molecule has 2 N–H and O–H groups in total. The molecule has 1 aromatic rings. The molecule has 3 rings (SSSR count). The van der Waals surface area contributed by atoms with Crippen molar-refractivity contribution in [3.05, 3.63) is 29.3 Å². The Labute approximate surface area is 118 Å². The van der Waals surface area contributed by atoms with Crippen molar-refractivity contribution in [1.29, 1.82) is 5.26 Å². The Morgan fingerprint density at radius 1 is 1.40 bits per heavy atom. The fourth-order valence-electron chi connectivity index (χ4n) is 3.97. The zero-order valence-electron chi connectivity index (χ0n) is 11.5. The Bertz CT molecular complexity index is 591. The fraction of sp³-hybridized carbons (Fsp3) is 0.500. The number of hydrogen-bond donors (Lipinski definition) is 2. The van der Waals surface area contributed by atoms with Crippen molar-refractivity contribution < 1.29 is 9.90 Å². The van der Waals surface area contributed by atoms with Crippen LogP contribution in [-0.2, 0) is 4.79 Å². The summed E-state index contributed by atoms with van der Waals surface area (Å²) in [4.78, 5) is 11.5. The fourth-order valence-corrected chi connectivity index (χ4v) is 3.97. The van der Waals surface area contributed by atoms with Gasteiger partial charge in [0.25, 0.3) is 0 Å². The number of benzene rings is 1. The van der Waals surface area contributed by atoms with Gasteiger partial charge in [0.05, 0.1) is 17.2 Å². The Morgan fingerprint density at radius 3 is 2.85 bits per heavy atom. The second-order valence-electron chi connectivity index (χ2n) is 5.98. The van der Waals surface area contributed by atoms with E-state index in [1.807, 2.05) is 19.1 Å². The molecule has 0 spiro atoms. The monoisotopic (exact) mass is 270 g/mol. The highest BCUT2D eigenvalue weighted by atomic mass is 16.4. The van der Waals surface area contributed by atoms with E-state index in [-0.39, 0.29) is 12.0 Å². The summed E-state index contributed by atoms with van der Waals surface area (Å²) in [6.07, 6.45) is 3.13. The lowest BCUT2D eigenvalue weighted by molar-refractivity contribution is -0.143. The third kappa shape index (κ3) is 1.94. The van der Waals surface area contributed by atoms with Crippen molar-refractivity contribution in [3.63, 3.8) is 0 Å². The highest BCUT2D eigenvalue weighted by Gasteiger charge is 2.51. The summed E-state index contributed by atoms with van der Waals surface area (Å²) in [5.74, 6) is -0.307. The van der Waals surface area contributed by atoms with Crippen LogP contribution in [0.5, 0.6) is 0 Å². The van der Waals surface area contributed by atoms with Crippen LogP contribution in [0, 0.1) is 36.0 Å².